The van der Waals surface area contributed by atoms with E-state index in [-0.39, 0.29) is 25.7 Å². The fraction of sp³-hybridized carbons (Fsp3) is 0.951. The Bertz CT molecular complexity index is 1920. The number of carbonyl (C=O) groups is 4. The lowest BCUT2D eigenvalue weighted by Gasteiger charge is -2.21. The molecule has 0 amide bonds. The molecule has 0 aliphatic heterocycles. The standard InChI is InChI=1S/C81H158O17P2/c1-7-9-11-13-15-17-19-21-22-23-24-25-26-27-28-34-41-47-53-59-65-80(85)97-76(70-92-79(84)64-58-52-46-40-35-29-31-37-43-49-55-61-73(3)4)71-95-99(87,88)93-67-75(82)68-94-100(89,90)96-72-77(69-91-78(83)63-57-51-45-39-33-20-18-16-14-12-10-8-2)98-81(86)66-60-54-48-42-36-30-32-38-44-50-56-62-74(5)6/h73-77,82H,7-72H2,1-6H3,(H,87,88)(H,89,90)/t75-,76-,77-/m1/s1. The van der Waals surface area contributed by atoms with E-state index in [2.05, 4.69) is 41.5 Å². The van der Waals surface area contributed by atoms with E-state index in [1.165, 1.54) is 244 Å². The molecule has 3 N–H and O–H groups in total. The molecule has 0 saturated carbocycles. The molecular weight excluding hydrogens is 1310 g/mol. The maximum Gasteiger partial charge on any atom is 0.472 e. The SMILES string of the molecule is CCCCCCCCCCCCCCCCCCCCCCC(=O)O[C@H](COC(=O)CCCCCCCCCCCCCC(C)C)COP(=O)(O)OC[C@@H](O)COP(=O)(O)OC[C@@H](COC(=O)CCCCCCCCCCCCCC)OC(=O)CCCCCCCCCCCCCC(C)C. The van der Waals surface area contributed by atoms with Crippen LogP contribution in [0.15, 0.2) is 0 Å². The maximum atomic E-state index is 13.1. The van der Waals surface area contributed by atoms with E-state index in [4.69, 9.17) is 37.0 Å². The van der Waals surface area contributed by atoms with Crippen molar-refractivity contribution in [2.75, 3.05) is 39.6 Å². The van der Waals surface area contributed by atoms with E-state index in [0.717, 1.165) is 102 Å². The summed E-state index contributed by atoms with van der Waals surface area (Å²) in [6, 6.07) is 0. The molecule has 0 fully saturated rings. The molecule has 594 valence electrons. The molecule has 5 atom stereocenters. The number of hydrogen-bond donors (Lipinski definition) is 3. The summed E-state index contributed by atoms with van der Waals surface area (Å²) >= 11 is 0. The molecule has 0 aliphatic rings. The van der Waals surface area contributed by atoms with Crippen LogP contribution in [0.25, 0.3) is 0 Å². The van der Waals surface area contributed by atoms with Crippen LogP contribution < -0.4 is 0 Å². The Morgan fingerprint density at radius 2 is 0.460 bits per heavy atom. The van der Waals surface area contributed by atoms with Crippen LogP contribution in [0.1, 0.15) is 427 Å². The number of phosphoric ester groups is 2. The summed E-state index contributed by atoms with van der Waals surface area (Å²) in [6.45, 7) is 9.64. The van der Waals surface area contributed by atoms with Crippen LogP contribution in [-0.2, 0) is 65.4 Å². The van der Waals surface area contributed by atoms with Crippen LogP contribution in [0.5, 0.6) is 0 Å². The predicted molar refractivity (Wildman–Crippen MR) is 409 cm³/mol. The van der Waals surface area contributed by atoms with Gasteiger partial charge in [-0.2, -0.15) is 0 Å². The van der Waals surface area contributed by atoms with Gasteiger partial charge in [0, 0.05) is 25.7 Å². The Morgan fingerprint density at radius 1 is 0.270 bits per heavy atom. The van der Waals surface area contributed by atoms with E-state index in [9.17, 15) is 43.2 Å². The van der Waals surface area contributed by atoms with Crippen molar-refractivity contribution in [1.82, 2.24) is 0 Å². The normalized spacial score (nSPS) is 13.9. The van der Waals surface area contributed by atoms with Gasteiger partial charge in [0.2, 0.25) is 0 Å². The van der Waals surface area contributed by atoms with Crippen molar-refractivity contribution in [3.63, 3.8) is 0 Å². The number of carbonyl (C=O) groups excluding carboxylic acids is 4. The topological polar surface area (TPSA) is 237 Å². The van der Waals surface area contributed by atoms with Gasteiger partial charge in [-0.15, -0.1) is 0 Å². The lowest BCUT2D eigenvalue weighted by atomic mass is 10.0. The molecule has 0 aromatic rings. The van der Waals surface area contributed by atoms with Gasteiger partial charge in [0.1, 0.15) is 19.3 Å². The Morgan fingerprint density at radius 3 is 0.680 bits per heavy atom. The average Bonchev–Trinajstić information content (AvgIpc) is 1.02. The summed E-state index contributed by atoms with van der Waals surface area (Å²) < 4.78 is 68.7. The minimum Gasteiger partial charge on any atom is -0.462 e. The number of esters is 4. The van der Waals surface area contributed by atoms with Crippen LogP contribution in [0, 0.1) is 11.8 Å². The monoisotopic (exact) mass is 1470 g/mol. The number of phosphoric acid groups is 2. The average molecular weight is 1470 g/mol. The Kier molecular flexibility index (Phi) is 71.2. The van der Waals surface area contributed by atoms with Crippen LogP contribution in [0.2, 0.25) is 0 Å². The van der Waals surface area contributed by atoms with Crippen LogP contribution in [-0.4, -0.2) is 96.7 Å². The Labute approximate surface area is 613 Å². The lowest BCUT2D eigenvalue weighted by Crippen LogP contribution is -2.30. The van der Waals surface area contributed by atoms with Gasteiger partial charge in [-0.3, -0.25) is 37.3 Å². The Balaban J connectivity index is 5.24. The third kappa shape index (κ3) is 74.3. The first-order valence-corrected chi connectivity index (χ1v) is 45.0. The molecule has 0 spiro atoms. The molecule has 0 aromatic carbocycles. The minimum atomic E-state index is -4.96. The largest absolute Gasteiger partial charge is 0.472 e. The second kappa shape index (κ2) is 72.6. The number of unbranched alkanes of at least 4 members (excludes halogenated alkanes) is 50. The quantitative estimate of drug-likeness (QED) is 0.0222. The highest BCUT2D eigenvalue weighted by Crippen LogP contribution is 2.45. The van der Waals surface area contributed by atoms with Crippen LogP contribution >= 0.6 is 15.6 Å². The van der Waals surface area contributed by atoms with Gasteiger partial charge in [0.05, 0.1) is 26.4 Å². The van der Waals surface area contributed by atoms with E-state index < -0.39 is 97.5 Å². The van der Waals surface area contributed by atoms with Crippen molar-refractivity contribution in [2.45, 2.75) is 445 Å². The molecule has 2 unspecified atom stereocenters. The zero-order valence-electron chi connectivity index (χ0n) is 65.5. The first-order chi connectivity index (χ1) is 48.4. The van der Waals surface area contributed by atoms with Crippen molar-refractivity contribution >= 4 is 39.5 Å². The molecule has 0 aliphatic carbocycles. The summed E-state index contributed by atoms with van der Waals surface area (Å²) in [7, 11) is -9.92. The molecule has 0 radical (unpaired) electrons. The van der Waals surface area contributed by atoms with Crippen molar-refractivity contribution in [2.24, 2.45) is 11.8 Å². The zero-order chi connectivity index (χ0) is 73.5. The van der Waals surface area contributed by atoms with Crippen molar-refractivity contribution in [1.29, 1.82) is 0 Å². The second-order valence-corrected chi connectivity index (χ2v) is 33.0. The third-order valence-electron chi connectivity index (χ3n) is 19.0. The molecule has 19 heteroatoms. The lowest BCUT2D eigenvalue weighted by molar-refractivity contribution is -0.161. The van der Waals surface area contributed by atoms with E-state index in [1.54, 1.807) is 0 Å². The molecular formula is C81H158O17P2. The number of rotatable bonds is 80. The molecule has 0 bridgehead atoms. The predicted octanol–water partition coefficient (Wildman–Crippen LogP) is 24.3. The van der Waals surface area contributed by atoms with Gasteiger partial charge in [-0.05, 0) is 37.5 Å². The van der Waals surface area contributed by atoms with Crippen LogP contribution in [0.3, 0.4) is 0 Å². The van der Waals surface area contributed by atoms with Crippen molar-refractivity contribution in [3.05, 3.63) is 0 Å². The smallest absolute Gasteiger partial charge is 0.462 e. The third-order valence-corrected chi connectivity index (χ3v) is 20.9. The zero-order valence-corrected chi connectivity index (χ0v) is 67.3. The van der Waals surface area contributed by atoms with Crippen LogP contribution in [0.4, 0.5) is 0 Å². The van der Waals surface area contributed by atoms with Gasteiger partial charge in [-0.25, -0.2) is 9.13 Å². The summed E-state index contributed by atoms with van der Waals surface area (Å²) in [5, 5.41) is 10.6. The molecule has 100 heavy (non-hydrogen) atoms. The summed E-state index contributed by atoms with van der Waals surface area (Å²) in [6.07, 6.45) is 62.4. The Hall–Kier alpha value is -1.94. The highest BCUT2D eigenvalue weighted by atomic mass is 31.2. The number of aliphatic hydroxyl groups is 1. The van der Waals surface area contributed by atoms with Crippen molar-refractivity contribution in [3.8, 4) is 0 Å². The fourth-order valence-electron chi connectivity index (χ4n) is 12.5. The molecule has 17 nitrogen and oxygen atoms in total. The van der Waals surface area contributed by atoms with Gasteiger partial charge < -0.3 is 33.8 Å². The molecule has 0 heterocycles. The highest BCUT2D eigenvalue weighted by molar-refractivity contribution is 7.47. The summed E-state index contributed by atoms with van der Waals surface area (Å²) in [5.41, 5.74) is 0. The highest BCUT2D eigenvalue weighted by Gasteiger charge is 2.30. The fourth-order valence-corrected chi connectivity index (χ4v) is 14.1. The first kappa shape index (κ1) is 98.1. The number of hydrogen-bond acceptors (Lipinski definition) is 15. The van der Waals surface area contributed by atoms with Gasteiger partial charge in [0.15, 0.2) is 12.2 Å². The van der Waals surface area contributed by atoms with Gasteiger partial charge in [-0.1, -0.05) is 375 Å². The summed E-state index contributed by atoms with van der Waals surface area (Å²) in [4.78, 5) is 73.0. The number of aliphatic hydroxyl groups excluding tert-OH is 1. The van der Waals surface area contributed by atoms with E-state index in [1.807, 2.05) is 0 Å². The second-order valence-electron chi connectivity index (χ2n) is 30.1. The maximum absolute atomic E-state index is 13.1. The summed E-state index contributed by atoms with van der Waals surface area (Å²) in [5.74, 6) is -0.571. The molecule has 0 aromatic heterocycles. The van der Waals surface area contributed by atoms with E-state index >= 15 is 0 Å². The van der Waals surface area contributed by atoms with Gasteiger partial charge in [0.25, 0.3) is 0 Å². The van der Waals surface area contributed by atoms with Gasteiger partial charge >= 0.3 is 39.5 Å². The number of ether oxygens (including phenoxy) is 4. The van der Waals surface area contributed by atoms with Crippen molar-refractivity contribution < 1.29 is 80.2 Å². The minimum absolute atomic E-state index is 0.107. The molecule has 0 rings (SSSR count). The first-order valence-electron chi connectivity index (χ1n) is 42.0. The van der Waals surface area contributed by atoms with E-state index in [0.29, 0.717) is 25.7 Å². The molecule has 0 saturated heterocycles.